The van der Waals surface area contributed by atoms with Crippen molar-refractivity contribution in [2.24, 2.45) is 11.3 Å². The normalized spacial score (nSPS) is 35.0. The molecule has 2 amide bonds. The van der Waals surface area contributed by atoms with E-state index in [1.165, 1.54) is 12.1 Å². The molecule has 1 aromatic rings. The van der Waals surface area contributed by atoms with Crippen LogP contribution in [0.5, 0.6) is 0 Å². The van der Waals surface area contributed by atoms with Gasteiger partial charge in [0, 0.05) is 55.9 Å². The van der Waals surface area contributed by atoms with E-state index in [1.54, 1.807) is 22.9 Å². The highest BCUT2D eigenvalue weighted by molar-refractivity contribution is 6.00. The van der Waals surface area contributed by atoms with Gasteiger partial charge in [0.25, 0.3) is 0 Å². The standard InChI is InChI=1S/C32H44FN7O3/c1-4-28(41)40-16-15-39(19-21(40)11-13-34)29-23-10-12-32(17-24-25(33)8-5-9-27(24)38(3)30(32)42)18-26(23)35-31(36-29)43-20-22-7-6-14-37(22)2/h4-5,8-9,21-23,26,29,31,35-36H,1,6-7,10-12,14-20H2,2-3H3/t21-,22-,23?,26?,29?,31?,32-/m1/s1. The van der Waals surface area contributed by atoms with Gasteiger partial charge in [0.15, 0.2) is 6.35 Å². The molecule has 1 aliphatic carbocycles. The number of hydrogen-bond donors (Lipinski definition) is 2. The summed E-state index contributed by atoms with van der Waals surface area (Å²) in [4.78, 5) is 34.6. The Morgan fingerprint density at radius 2 is 2.07 bits per heavy atom. The predicted octanol–water partition coefficient (Wildman–Crippen LogP) is 2.03. The van der Waals surface area contributed by atoms with Gasteiger partial charge in [0.1, 0.15) is 5.82 Å². The highest BCUT2D eigenvalue weighted by Gasteiger charge is 2.54. The van der Waals surface area contributed by atoms with Crippen molar-refractivity contribution < 1.29 is 18.7 Å². The molecular weight excluding hydrogens is 549 g/mol. The zero-order chi connectivity index (χ0) is 30.3. The summed E-state index contributed by atoms with van der Waals surface area (Å²) in [5.41, 5.74) is 0.591. The second-order valence-corrected chi connectivity index (χ2v) is 13.1. The van der Waals surface area contributed by atoms with Crippen molar-refractivity contribution in [3.63, 3.8) is 0 Å². The van der Waals surface area contributed by atoms with Gasteiger partial charge in [-0.3, -0.25) is 25.1 Å². The van der Waals surface area contributed by atoms with Gasteiger partial charge in [0.05, 0.1) is 36.7 Å². The first-order chi connectivity index (χ1) is 20.7. The Morgan fingerprint density at radius 1 is 1.23 bits per heavy atom. The Kier molecular flexibility index (Phi) is 8.59. The number of carbonyl (C=O) groups is 2. The van der Waals surface area contributed by atoms with Crippen molar-refractivity contribution in [1.82, 2.24) is 25.3 Å². The summed E-state index contributed by atoms with van der Waals surface area (Å²) < 4.78 is 21.5. The lowest BCUT2D eigenvalue weighted by atomic mass is 9.62. The lowest BCUT2D eigenvalue weighted by molar-refractivity contribution is -0.143. The number of rotatable bonds is 6. The Morgan fingerprint density at radius 3 is 2.81 bits per heavy atom. The molecule has 4 aliphatic heterocycles. The first-order valence-electron chi connectivity index (χ1n) is 15.7. The topological polar surface area (TPSA) is 104 Å². The summed E-state index contributed by atoms with van der Waals surface area (Å²) in [5, 5.41) is 17.0. The molecule has 7 atom stereocenters. The minimum absolute atomic E-state index is 0.0285. The average molecular weight is 594 g/mol. The van der Waals surface area contributed by atoms with Crippen LogP contribution in [-0.2, 0) is 20.7 Å². The average Bonchev–Trinajstić information content (AvgIpc) is 3.43. The van der Waals surface area contributed by atoms with E-state index in [-0.39, 0.29) is 48.2 Å². The minimum Gasteiger partial charge on any atom is -0.348 e. The quantitative estimate of drug-likeness (QED) is 0.483. The zero-order valence-electron chi connectivity index (χ0n) is 25.3. The molecular formula is C32H44FN7O3. The third-order valence-corrected chi connectivity index (χ3v) is 10.7. The molecule has 4 fully saturated rings. The van der Waals surface area contributed by atoms with Gasteiger partial charge in [-0.2, -0.15) is 5.26 Å². The van der Waals surface area contributed by atoms with Gasteiger partial charge in [-0.15, -0.1) is 0 Å². The van der Waals surface area contributed by atoms with Crippen LogP contribution in [-0.4, -0.2) is 104 Å². The molecule has 0 radical (unpaired) electrons. The number of piperazine rings is 1. The van der Waals surface area contributed by atoms with E-state index >= 15 is 4.39 Å². The Bertz CT molecular complexity index is 1290. The Hall–Kier alpha value is -2.88. The number of nitrogens with one attached hydrogen (secondary N) is 2. The predicted molar refractivity (Wildman–Crippen MR) is 160 cm³/mol. The summed E-state index contributed by atoms with van der Waals surface area (Å²) in [6.45, 7) is 7.05. The number of nitrogens with zero attached hydrogens (tertiary/aromatic N) is 5. The van der Waals surface area contributed by atoms with E-state index < -0.39 is 11.8 Å². The monoisotopic (exact) mass is 593 g/mol. The molecule has 6 rings (SSSR count). The van der Waals surface area contributed by atoms with Crippen LogP contribution in [0.15, 0.2) is 30.9 Å². The number of likely N-dealkylation sites (N-methyl/N-ethyl adjacent to an activating group) is 1. The molecule has 43 heavy (non-hydrogen) atoms. The molecule has 232 valence electrons. The number of fused-ring (bicyclic) bond motifs is 2. The van der Waals surface area contributed by atoms with Crippen molar-refractivity contribution in [3.8, 4) is 6.07 Å². The van der Waals surface area contributed by atoms with Gasteiger partial charge < -0.3 is 19.4 Å². The molecule has 2 N–H and O–H groups in total. The Balaban J connectivity index is 1.25. The van der Waals surface area contributed by atoms with Crippen LogP contribution in [0.25, 0.3) is 0 Å². The van der Waals surface area contributed by atoms with E-state index in [9.17, 15) is 14.9 Å². The van der Waals surface area contributed by atoms with Crippen LogP contribution < -0.4 is 15.5 Å². The highest BCUT2D eigenvalue weighted by atomic mass is 19.1. The van der Waals surface area contributed by atoms with Gasteiger partial charge in [-0.1, -0.05) is 12.6 Å². The van der Waals surface area contributed by atoms with E-state index in [0.717, 1.165) is 25.8 Å². The van der Waals surface area contributed by atoms with Crippen LogP contribution in [0, 0.1) is 28.5 Å². The third-order valence-electron chi connectivity index (χ3n) is 10.7. The van der Waals surface area contributed by atoms with Crippen LogP contribution >= 0.6 is 0 Å². The third kappa shape index (κ3) is 5.60. The van der Waals surface area contributed by atoms with Crippen molar-refractivity contribution in [3.05, 3.63) is 42.2 Å². The van der Waals surface area contributed by atoms with Crippen molar-refractivity contribution >= 4 is 17.5 Å². The van der Waals surface area contributed by atoms with Gasteiger partial charge >= 0.3 is 0 Å². The second kappa shape index (κ2) is 12.3. The number of amides is 2. The fourth-order valence-electron chi connectivity index (χ4n) is 8.36. The highest BCUT2D eigenvalue weighted by Crippen LogP contribution is 2.49. The molecule has 0 bridgehead atoms. The number of nitriles is 1. The maximum absolute atomic E-state index is 15.1. The number of carbonyl (C=O) groups excluding carboxylic acids is 2. The molecule has 4 unspecified atom stereocenters. The first-order valence-corrected chi connectivity index (χ1v) is 15.7. The fraction of sp³-hybridized carbons (Fsp3) is 0.656. The molecule has 10 nitrogen and oxygen atoms in total. The largest absolute Gasteiger partial charge is 0.348 e. The summed E-state index contributed by atoms with van der Waals surface area (Å²) in [6, 6.07) is 7.34. The van der Waals surface area contributed by atoms with Crippen molar-refractivity contribution in [2.45, 2.75) is 75.6 Å². The smallest absolute Gasteiger partial charge is 0.246 e. The molecule has 4 heterocycles. The molecule has 3 saturated heterocycles. The maximum Gasteiger partial charge on any atom is 0.246 e. The van der Waals surface area contributed by atoms with Gasteiger partial charge in [-0.05, 0) is 70.3 Å². The second-order valence-electron chi connectivity index (χ2n) is 13.1. The fourth-order valence-corrected chi connectivity index (χ4v) is 8.36. The number of anilines is 1. The number of ether oxygens (including phenoxy) is 1. The lowest BCUT2D eigenvalue weighted by Crippen LogP contribution is -2.73. The van der Waals surface area contributed by atoms with Crippen LogP contribution in [0.3, 0.4) is 0 Å². The molecule has 1 aromatic carbocycles. The number of hydrogen-bond acceptors (Lipinski definition) is 8. The maximum atomic E-state index is 15.1. The molecule has 0 aromatic heterocycles. The summed E-state index contributed by atoms with van der Waals surface area (Å²) >= 11 is 0. The summed E-state index contributed by atoms with van der Waals surface area (Å²) in [5.74, 6) is -0.183. The molecule has 1 spiro atoms. The van der Waals surface area contributed by atoms with E-state index in [1.807, 2.05) is 6.07 Å². The van der Waals surface area contributed by atoms with E-state index in [2.05, 4.69) is 40.1 Å². The van der Waals surface area contributed by atoms with Crippen LogP contribution in [0.1, 0.15) is 44.1 Å². The molecule has 1 saturated carbocycles. The minimum atomic E-state index is -0.686. The zero-order valence-corrected chi connectivity index (χ0v) is 25.3. The lowest BCUT2D eigenvalue weighted by Gasteiger charge is -2.56. The summed E-state index contributed by atoms with van der Waals surface area (Å²) in [7, 11) is 3.89. The van der Waals surface area contributed by atoms with Crippen LogP contribution in [0.4, 0.5) is 10.1 Å². The Labute approximate surface area is 253 Å². The van der Waals surface area contributed by atoms with Crippen molar-refractivity contribution in [2.75, 3.05) is 51.8 Å². The van der Waals surface area contributed by atoms with E-state index in [0.29, 0.717) is 62.8 Å². The molecule has 11 heteroatoms. The van der Waals surface area contributed by atoms with Crippen molar-refractivity contribution in [1.29, 1.82) is 5.26 Å². The van der Waals surface area contributed by atoms with E-state index in [4.69, 9.17) is 4.74 Å². The van der Waals surface area contributed by atoms with Gasteiger partial charge in [0.2, 0.25) is 11.8 Å². The summed E-state index contributed by atoms with van der Waals surface area (Å²) in [6.07, 6.45) is 5.79. The molecule has 5 aliphatic rings. The SMILES string of the molecule is C=CC(=O)N1CCN(C2NC(OC[C@H]3CCCN3C)NC3C[C@@]4(CCC32)Cc2c(F)cccc2N(C)C4=O)C[C@H]1CC#N. The first kappa shape index (κ1) is 30.2. The number of halogens is 1. The van der Waals surface area contributed by atoms with Crippen LogP contribution in [0.2, 0.25) is 0 Å². The number of likely N-dealkylation sites (tertiary alicyclic amines) is 1. The van der Waals surface area contributed by atoms with Gasteiger partial charge in [-0.25, -0.2) is 4.39 Å². The number of benzene rings is 1.